The molecule has 6 heteroatoms. The molecule has 1 aromatic heterocycles. The van der Waals surface area contributed by atoms with Gasteiger partial charge in [-0.15, -0.1) is 0 Å². The molecule has 0 radical (unpaired) electrons. The van der Waals surface area contributed by atoms with E-state index in [0.29, 0.717) is 5.69 Å². The summed E-state index contributed by atoms with van der Waals surface area (Å²) < 4.78 is 37.8. The van der Waals surface area contributed by atoms with Crippen LogP contribution >= 0.6 is 0 Å². The minimum Gasteiger partial charge on any atom is -0.396 e. The number of anilines is 2. The first-order valence-corrected chi connectivity index (χ1v) is 4.49. The first-order valence-electron chi connectivity index (χ1n) is 4.49. The summed E-state index contributed by atoms with van der Waals surface area (Å²) in [5.41, 5.74) is 4.25. The number of pyridine rings is 1. The monoisotopic (exact) mass is 217 g/mol. The fraction of sp³-hybridized carbons (Fsp3) is 0.444. The van der Waals surface area contributed by atoms with Crippen molar-refractivity contribution in [1.82, 2.24) is 4.98 Å². The van der Waals surface area contributed by atoms with Gasteiger partial charge in [-0.25, -0.2) is 0 Å². The van der Waals surface area contributed by atoms with E-state index in [-0.39, 0.29) is 18.5 Å². The van der Waals surface area contributed by atoms with Gasteiger partial charge in [0.25, 0.3) is 0 Å². The molecule has 1 heterocycles. The Morgan fingerprint density at radius 2 is 2.07 bits per heavy atom. The molecule has 3 N–H and O–H groups in total. The van der Waals surface area contributed by atoms with Gasteiger partial charge in [-0.1, -0.05) is 0 Å². The lowest BCUT2D eigenvalue weighted by Crippen LogP contribution is -2.38. The van der Waals surface area contributed by atoms with Crippen molar-refractivity contribution in [2.24, 2.45) is 0 Å². The van der Waals surface area contributed by atoms with E-state index >= 15 is 0 Å². The summed E-state index contributed by atoms with van der Waals surface area (Å²) >= 11 is 0. The van der Waals surface area contributed by atoms with Crippen molar-refractivity contribution >= 4 is 11.4 Å². The summed E-state index contributed by atoms with van der Waals surface area (Å²) in [6, 6.07) is 1.45. The Kier molecular flexibility index (Phi) is 2.02. The molecular formula is C9H10F3N3. The molecule has 82 valence electrons. The van der Waals surface area contributed by atoms with Crippen molar-refractivity contribution in [2.45, 2.75) is 24.6 Å². The highest BCUT2D eigenvalue weighted by atomic mass is 19.4. The number of halogens is 3. The number of alkyl halides is 3. The van der Waals surface area contributed by atoms with Crippen LogP contribution in [0.1, 0.15) is 12.8 Å². The molecule has 15 heavy (non-hydrogen) atoms. The van der Waals surface area contributed by atoms with Gasteiger partial charge in [0, 0.05) is 6.20 Å². The molecule has 0 amide bonds. The standard InChI is InChI=1S/C9H10F3N3/c10-9(11,12)8(2-3-8)15-7-1-4-14-5-6(7)13/h1,4-5H,2-3,13H2,(H,14,15). The second-order valence-electron chi connectivity index (χ2n) is 3.67. The number of hydrogen-bond acceptors (Lipinski definition) is 3. The van der Waals surface area contributed by atoms with Gasteiger partial charge >= 0.3 is 6.18 Å². The summed E-state index contributed by atoms with van der Waals surface area (Å²) in [4.78, 5) is 3.71. The van der Waals surface area contributed by atoms with E-state index in [9.17, 15) is 13.2 Å². The van der Waals surface area contributed by atoms with Crippen LogP contribution in [0.4, 0.5) is 24.5 Å². The molecule has 0 bridgehead atoms. The van der Waals surface area contributed by atoms with Crippen molar-refractivity contribution in [2.75, 3.05) is 11.1 Å². The average molecular weight is 217 g/mol. The Hall–Kier alpha value is -1.46. The average Bonchev–Trinajstić information content (AvgIpc) is 2.89. The molecule has 1 saturated carbocycles. The van der Waals surface area contributed by atoms with Gasteiger partial charge in [0.2, 0.25) is 0 Å². The van der Waals surface area contributed by atoms with Gasteiger partial charge < -0.3 is 11.1 Å². The van der Waals surface area contributed by atoms with E-state index in [4.69, 9.17) is 5.73 Å². The molecule has 1 aliphatic carbocycles. The zero-order valence-corrected chi connectivity index (χ0v) is 7.80. The molecule has 0 unspecified atom stereocenters. The van der Waals surface area contributed by atoms with Crippen molar-refractivity contribution in [3.63, 3.8) is 0 Å². The maximum atomic E-state index is 12.6. The Morgan fingerprint density at radius 3 is 2.53 bits per heavy atom. The third-order valence-electron chi connectivity index (χ3n) is 2.52. The Morgan fingerprint density at radius 1 is 1.40 bits per heavy atom. The quantitative estimate of drug-likeness (QED) is 0.798. The molecule has 0 aromatic carbocycles. The van der Waals surface area contributed by atoms with Crippen LogP contribution in [-0.2, 0) is 0 Å². The van der Waals surface area contributed by atoms with Gasteiger partial charge in [-0.3, -0.25) is 4.98 Å². The maximum absolute atomic E-state index is 12.6. The van der Waals surface area contributed by atoms with Crippen LogP contribution in [0.5, 0.6) is 0 Å². The zero-order valence-electron chi connectivity index (χ0n) is 7.80. The summed E-state index contributed by atoms with van der Waals surface area (Å²) in [6.45, 7) is 0. The molecule has 0 spiro atoms. The van der Waals surface area contributed by atoms with E-state index in [1.807, 2.05) is 0 Å². The number of nitrogens with zero attached hydrogens (tertiary/aromatic N) is 1. The van der Waals surface area contributed by atoms with Crippen LogP contribution in [0.2, 0.25) is 0 Å². The Labute approximate surface area is 84.5 Å². The van der Waals surface area contributed by atoms with Crippen molar-refractivity contribution in [3.8, 4) is 0 Å². The lowest BCUT2D eigenvalue weighted by molar-refractivity contribution is -0.151. The highest BCUT2D eigenvalue weighted by Crippen LogP contribution is 2.51. The van der Waals surface area contributed by atoms with Crippen LogP contribution in [0.15, 0.2) is 18.5 Å². The minimum atomic E-state index is -4.23. The number of nitrogens with one attached hydrogen (secondary N) is 1. The summed E-state index contributed by atoms with van der Waals surface area (Å²) in [5.74, 6) is 0. The van der Waals surface area contributed by atoms with Crippen LogP contribution in [0, 0.1) is 0 Å². The van der Waals surface area contributed by atoms with Crippen molar-refractivity contribution in [1.29, 1.82) is 0 Å². The molecule has 1 aliphatic rings. The third-order valence-corrected chi connectivity index (χ3v) is 2.52. The fourth-order valence-electron chi connectivity index (χ4n) is 1.38. The first-order chi connectivity index (χ1) is 6.95. The Balaban J connectivity index is 2.20. The molecule has 0 aliphatic heterocycles. The SMILES string of the molecule is Nc1cnccc1NC1(C(F)(F)F)CC1. The molecule has 2 rings (SSSR count). The van der Waals surface area contributed by atoms with E-state index in [0.717, 1.165) is 0 Å². The number of aromatic nitrogens is 1. The zero-order chi connectivity index (χ0) is 11.1. The Bertz CT molecular complexity index is 371. The van der Waals surface area contributed by atoms with Gasteiger partial charge in [0.05, 0.1) is 17.6 Å². The normalized spacial score (nSPS) is 18.6. The van der Waals surface area contributed by atoms with E-state index in [1.54, 1.807) is 0 Å². The topological polar surface area (TPSA) is 50.9 Å². The molecule has 0 atom stereocenters. The fourth-order valence-corrected chi connectivity index (χ4v) is 1.38. The predicted octanol–water partition coefficient (Wildman–Crippen LogP) is 2.17. The smallest absolute Gasteiger partial charge is 0.396 e. The number of hydrogen-bond donors (Lipinski definition) is 2. The van der Waals surface area contributed by atoms with Crippen LogP contribution in [0.25, 0.3) is 0 Å². The molecule has 1 fully saturated rings. The second-order valence-corrected chi connectivity index (χ2v) is 3.67. The molecule has 3 nitrogen and oxygen atoms in total. The summed E-state index contributed by atoms with van der Waals surface area (Å²) in [6.07, 6.45) is -1.31. The van der Waals surface area contributed by atoms with Crippen LogP contribution in [-0.4, -0.2) is 16.7 Å². The first kappa shape index (κ1) is 10.1. The van der Waals surface area contributed by atoms with Crippen LogP contribution < -0.4 is 11.1 Å². The van der Waals surface area contributed by atoms with E-state index in [2.05, 4.69) is 10.3 Å². The van der Waals surface area contributed by atoms with Gasteiger partial charge in [0.15, 0.2) is 0 Å². The third kappa shape index (κ3) is 1.71. The number of rotatable bonds is 2. The number of nitrogen functional groups attached to an aromatic ring is 1. The minimum absolute atomic E-state index is 0.0955. The maximum Gasteiger partial charge on any atom is 0.411 e. The molecule has 0 saturated heterocycles. The highest BCUT2D eigenvalue weighted by Gasteiger charge is 2.63. The largest absolute Gasteiger partial charge is 0.411 e. The predicted molar refractivity (Wildman–Crippen MR) is 50.3 cm³/mol. The summed E-state index contributed by atoms with van der Waals surface area (Å²) in [7, 11) is 0. The highest BCUT2D eigenvalue weighted by molar-refractivity contribution is 5.66. The molecule has 1 aromatic rings. The van der Waals surface area contributed by atoms with Gasteiger partial charge in [-0.2, -0.15) is 13.2 Å². The van der Waals surface area contributed by atoms with E-state index < -0.39 is 11.7 Å². The lowest BCUT2D eigenvalue weighted by atomic mass is 10.2. The second kappa shape index (κ2) is 3.01. The summed E-state index contributed by atoms with van der Waals surface area (Å²) in [5, 5.41) is 2.45. The van der Waals surface area contributed by atoms with Gasteiger partial charge in [0.1, 0.15) is 5.54 Å². The van der Waals surface area contributed by atoms with Crippen molar-refractivity contribution in [3.05, 3.63) is 18.5 Å². The van der Waals surface area contributed by atoms with Crippen molar-refractivity contribution < 1.29 is 13.2 Å². The van der Waals surface area contributed by atoms with Gasteiger partial charge in [-0.05, 0) is 18.9 Å². The van der Waals surface area contributed by atoms with E-state index in [1.165, 1.54) is 18.5 Å². The number of nitrogens with two attached hydrogens (primary N) is 1. The van der Waals surface area contributed by atoms with Crippen LogP contribution in [0.3, 0.4) is 0 Å². The lowest BCUT2D eigenvalue weighted by Gasteiger charge is -2.22. The molecular weight excluding hydrogens is 207 g/mol.